The largest absolute Gasteiger partial charge is 0.460 e. The number of sulfonamides is 1. The highest BCUT2D eigenvalue weighted by molar-refractivity contribution is 7.92. The molecular formula is C25H26FNO4S. The van der Waals surface area contributed by atoms with Crippen LogP contribution in [0.3, 0.4) is 0 Å². The molecule has 0 atom stereocenters. The molecule has 32 heavy (non-hydrogen) atoms. The van der Waals surface area contributed by atoms with E-state index in [9.17, 15) is 17.6 Å². The second-order valence-corrected chi connectivity index (χ2v) is 10.4. The van der Waals surface area contributed by atoms with Crippen LogP contribution < -0.4 is 4.31 Å². The number of hydrogen-bond acceptors (Lipinski definition) is 4. The van der Waals surface area contributed by atoms with Crippen LogP contribution in [0.5, 0.6) is 0 Å². The van der Waals surface area contributed by atoms with Crippen molar-refractivity contribution < 1.29 is 22.3 Å². The molecule has 0 radical (unpaired) electrons. The van der Waals surface area contributed by atoms with Gasteiger partial charge in [0.2, 0.25) is 0 Å². The zero-order valence-electron chi connectivity index (χ0n) is 18.5. The van der Waals surface area contributed by atoms with E-state index in [2.05, 4.69) is 0 Å². The number of benzene rings is 3. The van der Waals surface area contributed by atoms with E-state index in [1.807, 2.05) is 0 Å². The summed E-state index contributed by atoms with van der Waals surface area (Å²) in [6.45, 7) is 5.38. The van der Waals surface area contributed by atoms with Crippen LogP contribution >= 0.6 is 0 Å². The standard InChI is InChI=1S/C25H26FNO4S/c1-25(2,3)31-24(28)16-18-7-5-9-22(15-18)27(4)32(29,30)23-10-6-8-20(17-23)19-11-13-21(26)14-12-19/h5-15,17H,16H2,1-4H3. The van der Waals surface area contributed by atoms with Crippen LogP contribution in [0.4, 0.5) is 10.1 Å². The van der Waals surface area contributed by atoms with Gasteiger partial charge in [-0.05, 0) is 73.9 Å². The molecule has 0 spiro atoms. The van der Waals surface area contributed by atoms with Gasteiger partial charge in [0.25, 0.3) is 10.0 Å². The minimum Gasteiger partial charge on any atom is -0.460 e. The normalized spacial score (nSPS) is 11.8. The third-order valence-electron chi connectivity index (χ3n) is 4.71. The average Bonchev–Trinajstić information content (AvgIpc) is 2.72. The molecule has 3 aromatic carbocycles. The third-order valence-corrected chi connectivity index (χ3v) is 6.49. The molecule has 0 heterocycles. The molecule has 0 aliphatic carbocycles. The molecule has 0 bridgehead atoms. The van der Waals surface area contributed by atoms with Gasteiger partial charge in [0.1, 0.15) is 11.4 Å². The number of rotatable bonds is 6. The second-order valence-electron chi connectivity index (χ2n) is 8.44. The lowest BCUT2D eigenvalue weighted by Crippen LogP contribution is -2.27. The number of halogens is 1. The van der Waals surface area contributed by atoms with E-state index in [0.717, 1.165) is 0 Å². The van der Waals surface area contributed by atoms with Crippen molar-refractivity contribution >= 4 is 21.7 Å². The molecule has 3 rings (SSSR count). The van der Waals surface area contributed by atoms with E-state index < -0.39 is 15.6 Å². The first kappa shape index (κ1) is 23.5. The Kier molecular flexibility index (Phi) is 6.69. The molecule has 0 aromatic heterocycles. The van der Waals surface area contributed by atoms with Gasteiger partial charge in [-0.2, -0.15) is 0 Å². The van der Waals surface area contributed by atoms with Crippen LogP contribution in [-0.4, -0.2) is 27.0 Å². The van der Waals surface area contributed by atoms with Gasteiger partial charge in [-0.15, -0.1) is 0 Å². The molecule has 0 saturated carbocycles. The van der Waals surface area contributed by atoms with Crippen LogP contribution in [-0.2, 0) is 26.0 Å². The van der Waals surface area contributed by atoms with Crippen molar-refractivity contribution in [2.75, 3.05) is 11.4 Å². The topological polar surface area (TPSA) is 63.7 Å². The van der Waals surface area contributed by atoms with Crippen molar-refractivity contribution in [2.24, 2.45) is 0 Å². The quantitative estimate of drug-likeness (QED) is 0.479. The maximum atomic E-state index is 13.3. The van der Waals surface area contributed by atoms with Gasteiger partial charge in [0.05, 0.1) is 17.0 Å². The molecule has 0 N–H and O–H groups in total. The number of ether oxygens (including phenoxy) is 1. The van der Waals surface area contributed by atoms with Crippen molar-refractivity contribution in [1.82, 2.24) is 0 Å². The van der Waals surface area contributed by atoms with Gasteiger partial charge < -0.3 is 4.74 Å². The molecule has 0 aliphatic rings. The summed E-state index contributed by atoms with van der Waals surface area (Å²) in [4.78, 5) is 12.3. The molecule has 0 amide bonds. The third kappa shape index (κ3) is 5.73. The van der Waals surface area contributed by atoms with Crippen molar-refractivity contribution in [2.45, 2.75) is 37.7 Å². The Labute approximate surface area is 188 Å². The summed E-state index contributed by atoms with van der Waals surface area (Å²) in [5.74, 6) is -0.740. The van der Waals surface area contributed by atoms with Gasteiger partial charge >= 0.3 is 5.97 Å². The number of esters is 1. The van der Waals surface area contributed by atoms with E-state index in [1.54, 1.807) is 75.4 Å². The number of carbonyl (C=O) groups is 1. The second kappa shape index (κ2) is 9.12. The predicted molar refractivity (Wildman–Crippen MR) is 123 cm³/mol. The Balaban J connectivity index is 1.86. The predicted octanol–water partition coefficient (Wildman–Crippen LogP) is 5.20. The maximum Gasteiger partial charge on any atom is 0.310 e. The van der Waals surface area contributed by atoms with Crippen molar-refractivity contribution in [1.29, 1.82) is 0 Å². The fourth-order valence-corrected chi connectivity index (χ4v) is 4.42. The van der Waals surface area contributed by atoms with Gasteiger partial charge in [-0.1, -0.05) is 36.4 Å². The SMILES string of the molecule is CN(c1cccc(CC(=O)OC(C)(C)C)c1)S(=O)(=O)c1cccc(-c2ccc(F)cc2)c1. The monoisotopic (exact) mass is 455 g/mol. The Morgan fingerprint density at radius 2 is 1.59 bits per heavy atom. The summed E-state index contributed by atoms with van der Waals surface area (Å²) < 4.78 is 46.3. The van der Waals surface area contributed by atoms with Crippen LogP contribution in [0.2, 0.25) is 0 Å². The minimum absolute atomic E-state index is 0.0407. The first-order valence-corrected chi connectivity index (χ1v) is 11.6. The first-order chi connectivity index (χ1) is 15.0. The van der Waals surface area contributed by atoms with E-state index in [1.165, 1.54) is 29.6 Å². The lowest BCUT2D eigenvalue weighted by Gasteiger charge is -2.21. The van der Waals surface area contributed by atoms with Crippen LogP contribution in [0.1, 0.15) is 26.3 Å². The summed E-state index contributed by atoms with van der Waals surface area (Å²) in [7, 11) is -2.40. The van der Waals surface area contributed by atoms with Crippen LogP contribution in [0.25, 0.3) is 11.1 Å². The van der Waals surface area contributed by atoms with Crippen LogP contribution in [0, 0.1) is 5.82 Å². The molecule has 0 aliphatic heterocycles. The van der Waals surface area contributed by atoms with Gasteiger partial charge in [-0.3, -0.25) is 9.10 Å². The maximum absolute atomic E-state index is 13.3. The summed E-state index contributed by atoms with van der Waals surface area (Å²) in [6, 6.07) is 19.1. The van der Waals surface area contributed by atoms with Gasteiger partial charge in [-0.25, -0.2) is 12.8 Å². The zero-order chi connectivity index (χ0) is 23.5. The Hall–Kier alpha value is -3.19. The molecule has 168 valence electrons. The Morgan fingerprint density at radius 1 is 0.938 bits per heavy atom. The van der Waals surface area contributed by atoms with Crippen LogP contribution in [0.15, 0.2) is 77.7 Å². The molecule has 0 unspecified atom stereocenters. The summed E-state index contributed by atoms with van der Waals surface area (Å²) >= 11 is 0. The molecule has 0 saturated heterocycles. The number of carbonyl (C=O) groups excluding carboxylic acids is 1. The smallest absolute Gasteiger partial charge is 0.310 e. The highest BCUT2D eigenvalue weighted by Crippen LogP contribution is 2.27. The molecule has 3 aromatic rings. The van der Waals surface area contributed by atoms with E-state index in [4.69, 9.17) is 4.74 Å². The minimum atomic E-state index is -3.86. The molecule has 5 nitrogen and oxygen atoms in total. The summed E-state index contributed by atoms with van der Waals surface area (Å²) in [6.07, 6.45) is 0.0407. The van der Waals surface area contributed by atoms with E-state index >= 15 is 0 Å². The lowest BCUT2D eigenvalue weighted by molar-refractivity contribution is -0.153. The van der Waals surface area contributed by atoms with E-state index in [-0.39, 0.29) is 23.1 Å². The molecular weight excluding hydrogens is 429 g/mol. The van der Waals surface area contributed by atoms with Crippen molar-refractivity contribution in [3.8, 4) is 11.1 Å². The summed E-state index contributed by atoms with van der Waals surface area (Å²) in [5, 5.41) is 0. The highest BCUT2D eigenvalue weighted by Gasteiger charge is 2.23. The van der Waals surface area contributed by atoms with Crippen molar-refractivity contribution in [3.05, 3.63) is 84.2 Å². The molecule has 0 fully saturated rings. The Morgan fingerprint density at radius 3 is 2.25 bits per heavy atom. The van der Waals surface area contributed by atoms with Gasteiger partial charge in [0, 0.05) is 7.05 Å². The lowest BCUT2D eigenvalue weighted by atomic mass is 10.1. The number of nitrogens with zero attached hydrogens (tertiary/aromatic N) is 1. The highest BCUT2D eigenvalue weighted by atomic mass is 32.2. The summed E-state index contributed by atoms with van der Waals surface area (Å²) in [5.41, 5.74) is 1.87. The number of anilines is 1. The first-order valence-electron chi connectivity index (χ1n) is 10.1. The zero-order valence-corrected chi connectivity index (χ0v) is 19.3. The average molecular weight is 456 g/mol. The fourth-order valence-electron chi connectivity index (χ4n) is 3.18. The number of hydrogen-bond donors (Lipinski definition) is 0. The molecule has 7 heteroatoms. The van der Waals surface area contributed by atoms with E-state index in [0.29, 0.717) is 22.4 Å². The fraction of sp³-hybridized carbons (Fsp3) is 0.240. The van der Waals surface area contributed by atoms with Crippen molar-refractivity contribution in [3.63, 3.8) is 0 Å². The Bertz CT molecular complexity index is 1220. The van der Waals surface area contributed by atoms with Gasteiger partial charge in [0.15, 0.2) is 0 Å².